The second-order valence-corrected chi connectivity index (χ2v) is 5.98. The van der Waals surface area contributed by atoms with E-state index in [9.17, 15) is 17.6 Å². The monoisotopic (exact) mass is 359 g/mol. The van der Waals surface area contributed by atoms with Crippen molar-refractivity contribution >= 4 is 17.6 Å². The van der Waals surface area contributed by atoms with Crippen LogP contribution in [-0.4, -0.2) is 23.9 Å². The first-order valence-electron chi connectivity index (χ1n) is 7.75. The Bertz CT molecular complexity index is 725. The number of nitrogens with two attached hydrogens (primary N) is 2. The van der Waals surface area contributed by atoms with Crippen molar-refractivity contribution < 1.29 is 22.3 Å². The van der Waals surface area contributed by atoms with Crippen LogP contribution in [0.5, 0.6) is 5.75 Å². The minimum Gasteiger partial charge on any atom is -0.404 e. The number of rotatable bonds is 2. The maximum absolute atomic E-state index is 13.8. The number of aliphatic imine (C=N–C) groups is 2. The van der Waals surface area contributed by atoms with Crippen LogP contribution >= 0.6 is 0 Å². The molecule has 25 heavy (non-hydrogen) atoms. The third-order valence-corrected chi connectivity index (χ3v) is 4.24. The Morgan fingerprint density at radius 3 is 2.44 bits per heavy atom. The van der Waals surface area contributed by atoms with E-state index in [0.717, 1.165) is 37.5 Å². The summed E-state index contributed by atoms with van der Waals surface area (Å²) in [6.07, 6.45) is -1.40. The average Bonchev–Trinajstić information content (AvgIpc) is 2.48. The minimum absolute atomic E-state index is 0.0506. The van der Waals surface area contributed by atoms with E-state index in [1.807, 2.05) is 0 Å². The molecule has 0 unspecified atom stereocenters. The second kappa shape index (κ2) is 6.08. The number of guanidine groups is 2. The lowest BCUT2D eigenvalue weighted by atomic mass is 9.87. The van der Waals surface area contributed by atoms with Gasteiger partial charge < -0.3 is 16.2 Å². The van der Waals surface area contributed by atoms with Gasteiger partial charge in [-0.2, -0.15) is 4.99 Å². The number of alkyl halides is 3. The molecule has 1 heterocycles. The molecule has 0 bridgehead atoms. The zero-order valence-electron chi connectivity index (χ0n) is 13.2. The zero-order chi connectivity index (χ0) is 18.2. The largest absolute Gasteiger partial charge is 0.573 e. The number of anilines is 1. The van der Waals surface area contributed by atoms with Gasteiger partial charge in [-0.1, -0.05) is 6.42 Å². The molecule has 1 spiro atoms. The van der Waals surface area contributed by atoms with Gasteiger partial charge in [0.05, 0.1) is 5.69 Å². The van der Waals surface area contributed by atoms with Gasteiger partial charge in [-0.3, -0.25) is 4.90 Å². The molecule has 1 aromatic carbocycles. The predicted octanol–water partition coefficient (Wildman–Crippen LogP) is 2.83. The number of hydrogen-bond acceptors (Lipinski definition) is 6. The van der Waals surface area contributed by atoms with Gasteiger partial charge in [0.1, 0.15) is 11.5 Å². The first-order chi connectivity index (χ1) is 11.7. The smallest absolute Gasteiger partial charge is 0.404 e. The van der Waals surface area contributed by atoms with E-state index in [2.05, 4.69) is 14.7 Å². The fraction of sp³-hybridized carbons (Fsp3) is 0.467. The van der Waals surface area contributed by atoms with Gasteiger partial charge in [0.25, 0.3) is 0 Å². The molecule has 136 valence electrons. The molecule has 1 aliphatic carbocycles. The molecule has 4 N–H and O–H groups in total. The molecule has 0 saturated heterocycles. The van der Waals surface area contributed by atoms with Crippen LogP contribution in [0.2, 0.25) is 0 Å². The standard InChI is InChI=1S/C15H17F4N5O/c16-9-4-5-11(25-15(17,18)19)10(8-9)24-13(21)22-12(20)23-14(24)6-2-1-3-7-14/h4-5,8H,1-3,6-7H2,(H4,20,21,22,23). The van der Waals surface area contributed by atoms with Crippen LogP contribution < -0.4 is 21.1 Å². The van der Waals surface area contributed by atoms with Crippen molar-refractivity contribution in [2.24, 2.45) is 21.5 Å². The minimum atomic E-state index is -4.93. The van der Waals surface area contributed by atoms with Crippen molar-refractivity contribution in [1.82, 2.24) is 0 Å². The Balaban J connectivity index is 2.12. The van der Waals surface area contributed by atoms with Gasteiger partial charge in [0.2, 0.25) is 11.9 Å². The molecule has 10 heteroatoms. The van der Waals surface area contributed by atoms with Crippen molar-refractivity contribution in [2.45, 2.75) is 44.1 Å². The molecule has 0 aromatic heterocycles. The van der Waals surface area contributed by atoms with Crippen LogP contribution in [0.4, 0.5) is 23.2 Å². The molecule has 6 nitrogen and oxygen atoms in total. The molecule has 0 radical (unpaired) electrons. The molecule has 3 rings (SSSR count). The van der Waals surface area contributed by atoms with Crippen molar-refractivity contribution in [3.63, 3.8) is 0 Å². The average molecular weight is 359 g/mol. The Labute approximate surface area is 141 Å². The summed E-state index contributed by atoms with van der Waals surface area (Å²) < 4.78 is 56.1. The molecular weight excluding hydrogens is 342 g/mol. The number of halogens is 4. The third-order valence-electron chi connectivity index (χ3n) is 4.24. The predicted molar refractivity (Wildman–Crippen MR) is 84.6 cm³/mol. The number of nitrogens with zero attached hydrogens (tertiary/aromatic N) is 3. The zero-order valence-corrected chi connectivity index (χ0v) is 13.2. The van der Waals surface area contributed by atoms with Crippen LogP contribution in [-0.2, 0) is 0 Å². The van der Waals surface area contributed by atoms with Crippen LogP contribution in [0, 0.1) is 5.82 Å². The second-order valence-electron chi connectivity index (χ2n) is 5.98. The fourth-order valence-electron chi connectivity index (χ4n) is 3.35. The lowest BCUT2D eigenvalue weighted by molar-refractivity contribution is -0.274. The quantitative estimate of drug-likeness (QED) is 0.795. The number of hydrogen-bond donors (Lipinski definition) is 2. The van der Waals surface area contributed by atoms with Gasteiger partial charge in [-0.05, 0) is 37.8 Å². The molecule has 2 aliphatic rings. The number of benzene rings is 1. The molecular formula is C15H17F4N5O. The van der Waals surface area contributed by atoms with E-state index in [0.29, 0.717) is 12.8 Å². The lowest BCUT2D eigenvalue weighted by Crippen LogP contribution is -2.58. The van der Waals surface area contributed by atoms with E-state index < -0.39 is 23.6 Å². The highest BCUT2D eigenvalue weighted by Gasteiger charge is 2.44. The number of ether oxygens (including phenoxy) is 1. The van der Waals surface area contributed by atoms with Gasteiger partial charge in [-0.15, -0.1) is 13.2 Å². The molecule has 1 fully saturated rings. The summed E-state index contributed by atoms with van der Waals surface area (Å²) in [7, 11) is 0. The summed E-state index contributed by atoms with van der Waals surface area (Å²) in [5.41, 5.74) is 10.5. The Morgan fingerprint density at radius 1 is 1.12 bits per heavy atom. The fourth-order valence-corrected chi connectivity index (χ4v) is 3.35. The first-order valence-corrected chi connectivity index (χ1v) is 7.75. The SMILES string of the molecule is NC1=NC2(CCCCC2)N(c2cc(F)ccc2OC(F)(F)F)C(N)=N1. The third kappa shape index (κ3) is 3.47. The van der Waals surface area contributed by atoms with E-state index in [-0.39, 0.29) is 17.6 Å². The van der Waals surface area contributed by atoms with Crippen molar-refractivity contribution in [2.75, 3.05) is 4.90 Å². The summed E-state index contributed by atoms with van der Waals surface area (Å²) in [6, 6.07) is 2.72. The maximum atomic E-state index is 13.8. The summed E-state index contributed by atoms with van der Waals surface area (Å²) in [5.74, 6) is -1.50. The highest BCUT2D eigenvalue weighted by Crippen LogP contribution is 2.43. The van der Waals surface area contributed by atoms with E-state index in [1.54, 1.807) is 0 Å². The van der Waals surface area contributed by atoms with Gasteiger partial charge in [0.15, 0.2) is 5.75 Å². The van der Waals surface area contributed by atoms with Crippen molar-refractivity contribution in [3.8, 4) is 5.75 Å². The van der Waals surface area contributed by atoms with Crippen molar-refractivity contribution in [3.05, 3.63) is 24.0 Å². The van der Waals surface area contributed by atoms with Crippen LogP contribution in [0.3, 0.4) is 0 Å². The van der Waals surface area contributed by atoms with Crippen LogP contribution in [0.1, 0.15) is 32.1 Å². The molecule has 1 aromatic rings. The Morgan fingerprint density at radius 2 is 1.80 bits per heavy atom. The molecule has 0 atom stereocenters. The maximum Gasteiger partial charge on any atom is 0.573 e. The highest BCUT2D eigenvalue weighted by molar-refractivity contribution is 6.06. The van der Waals surface area contributed by atoms with Gasteiger partial charge in [0, 0.05) is 6.07 Å². The molecule has 0 amide bonds. The molecule has 1 aliphatic heterocycles. The Kier molecular flexibility index (Phi) is 4.21. The van der Waals surface area contributed by atoms with Crippen molar-refractivity contribution in [1.29, 1.82) is 0 Å². The lowest BCUT2D eigenvalue weighted by Gasteiger charge is -2.45. The highest BCUT2D eigenvalue weighted by atomic mass is 19.4. The summed E-state index contributed by atoms with van der Waals surface area (Å²) in [4.78, 5) is 9.49. The summed E-state index contributed by atoms with van der Waals surface area (Å²) in [6.45, 7) is 0. The summed E-state index contributed by atoms with van der Waals surface area (Å²) in [5, 5.41) is 0. The summed E-state index contributed by atoms with van der Waals surface area (Å²) >= 11 is 0. The first kappa shape index (κ1) is 17.3. The normalized spacial score (nSPS) is 20.2. The van der Waals surface area contributed by atoms with E-state index in [4.69, 9.17) is 11.5 Å². The van der Waals surface area contributed by atoms with Crippen LogP contribution in [0.25, 0.3) is 0 Å². The van der Waals surface area contributed by atoms with E-state index in [1.165, 1.54) is 4.90 Å². The van der Waals surface area contributed by atoms with Gasteiger partial charge >= 0.3 is 6.36 Å². The topological polar surface area (TPSA) is 89.2 Å². The van der Waals surface area contributed by atoms with E-state index >= 15 is 0 Å². The Hall–Kier alpha value is -2.52. The van der Waals surface area contributed by atoms with Crippen LogP contribution in [0.15, 0.2) is 28.2 Å². The molecule has 1 saturated carbocycles. The van der Waals surface area contributed by atoms with Gasteiger partial charge in [-0.25, -0.2) is 9.38 Å².